The Kier molecular flexibility index (Phi) is 4.78. The van der Waals surface area contributed by atoms with Crippen LogP contribution in [0.3, 0.4) is 0 Å². The van der Waals surface area contributed by atoms with Gasteiger partial charge in [-0.2, -0.15) is 0 Å². The molecule has 2 aliphatic heterocycles. The van der Waals surface area contributed by atoms with Crippen LogP contribution in [0.4, 0.5) is 4.79 Å². The SMILES string of the molecule is O=C(NCC1CCCNC1)NC1CCCS1. The molecule has 0 aromatic rings. The second-order valence-electron chi connectivity index (χ2n) is 4.57. The van der Waals surface area contributed by atoms with E-state index < -0.39 is 0 Å². The monoisotopic (exact) mass is 243 g/mol. The van der Waals surface area contributed by atoms with Crippen molar-refractivity contribution >= 4 is 17.8 Å². The van der Waals surface area contributed by atoms with E-state index in [9.17, 15) is 4.79 Å². The Balaban J connectivity index is 1.59. The molecule has 2 aliphatic rings. The van der Waals surface area contributed by atoms with Gasteiger partial charge < -0.3 is 16.0 Å². The number of nitrogens with one attached hydrogen (secondary N) is 3. The van der Waals surface area contributed by atoms with Crippen LogP contribution in [0, 0.1) is 5.92 Å². The third-order valence-corrected chi connectivity index (χ3v) is 4.45. The van der Waals surface area contributed by atoms with Gasteiger partial charge in [0.25, 0.3) is 0 Å². The zero-order valence-electron chi connectivity index (χ0n) is 9.63. The van der Waals surface area contributed by atoms with E-state index in [0.29, 0.717) is 11.3 Å². The molecular weight excluding hydrogens is 222 g/mol. The molecule has 0 saturated carbocycles. The summed E-state index contributed by atoms with van der Waals surface area (Å²) < 4.78 is 0. The van der Waals surface area contributed by atoms with E-state index in [1.165, 1.54) is 25.0 Å². The van der Waals surface area contributed by atoms with Gasteiger partial charge >= 0.3 is 6.03 Å². The fourth-order valence-electron chi connectivity index (χ4n) is 2.22. The van der Waals surface area contributed by atoms with Crippen molar-refractivity contribution in [1.82, 2.24) is 16.0 Å². The number of rotatable bonds is 3. The lowest BCUT2D eigenvalue weighted by Crippen LogP contribution is -2.44. The number of carbonyl (C=O) groups is 1. The Morgan fingerprint density at radius 1 is 1.38 bits per heavy atom. The van der Waals surface area contributed by atoms with Gasteiger partial charge in [0, 0.05) is 6.54 Å². The molecule has 2 atom stereocenters. The molecule has 2 saturated heterocycles. The van der Waals surface area contributed by atoms with Crippen LogP contribution >= 0.6 is 11.8 Å². The molecule has 16 heavy (non-hydrogen) atoms. The van der Waals surface area contributed by atoms with Crippen LogP contribution in [0.15, 0.2) is 0 Å². The largest absolute Gasteiger partial charge is 0.338 e. The average Bonchev–Trinajstić information content (AvgIpc) is 2.81. The summed E-state index contributed by atoms with van der Waals surface area (Å²) in [5.41, 5.74) is 0. The normalized spacial score (nSPS) is 30.0. The number of hydrogen-bond acceptors (Lipinski definition) is 3. The molecular formula is C11H21N3OS. The van der Waals surface area contributed by atoms with Crippen LogP contribution in [0.25, 0.3) is 0 Å². The Labute approximate surface area is 101 Å². The minimum Gasteiger partial charge on any atom is -0.338 e. The van der Waals surface area contributed by atoms with E-state index in [1.807, 2.05) is 11.8 Å². The Morgan fingerprint density at radius 3 is 3.00 bits per heavy atom. The molecule has 0 bridgehead atoms. The van der Waals surface area contributed by atoms with Gasteiger partial charge in [-0.05, 0) is 50.4 Å². The summed E-state index contributed by atoms with van der Waals surface area (Å²) in [6, 6.07) is 0.00461. The fourth-order valence-corrected chi connectivity index (χ4v) is 3.37. The summed E-state index contributed by atoms with van der Waals surface area (Å²) in [5, 5.41) is 9.68. The van der Waals surface area contributed by atoms with Crippen molar-refractivity contribution < 1.29 is 4.79 Å². The van der Waals surface area contributed by atoms with E-state index in [0.717, 1.165) is 26.1 Å². The van der Waals surface area contributed by atoms with Crippen LogP contribution in [0.5, 0.6) is 0 Å². The topological polar surface area (TPSA) is 53.2 Å². The maximum absolute atomic E-state index is 11.6. The summed E-state index contributed by atoms with van der Waals surface area (Å²) in [4.78, 5) is 11.6. The first-order valence-electron chi connectivity index (χ1n) is 6.21. The van der Waals surface area contributed by atoms with E-state index in [-0.39, 0.29) is 6.03 Å². The summed E-state index contributed by atoms with van der Waals surface area (Å²) in [6.45, 7) is 2.97. The molecule has 0 aliphatic carbocycles. The van der Waals surface area contributed by atoms with Crippen LogP contribution in [0.2, 0.25) is 0 Å². The van der Waals surface area contributed by atoms with Gasteiger partial charge in [0.05, 0.1) is 5.37 Å². The molecule has 2 rings (SSSR count). The molecule has 2 unspecified atom stereocenters. The van der Waals surface area contributed by atoms with E-state index in [4.69, 9.17) is 0 Å². The number of hydrogen-bond donors (Lipinski definition) is 3. The van der Waals surface area contributed by atoms with E-state index >= 15 is 0 Å². The van der Waals surface area contributed by atoms with Crippen molar-refractivity contribution in [2.45, 2.75) is 31.1 Å². The van der Waals surface area contributed by atoms with Gasteiger partial charge in [0.2, 0.25) is 0 Å². The first kappa shape index (κ1) is 12.0. The zero-order chi connectivity index (χ0) is 11.2. The lowest BCUT2D eigenvalue weighted by atomic mass is 10.00. The molecule has 2 amide bonds. The molecule has 3 N–H and O–H groups in total. The molecule has 92 valence electrons. The lowest BCUT2D eigenvalue weighted by Gasteiger charge is -2.23. The first-order valence-corrected chi connectivity index (χ1v) is 7.26. The standard InChI is InChI=1S/C11H21N3OS/c15-11(14-10-4-2-6-16-10)13-8-9-3-1-5-12-7-9/h9-10,12H,1-8H2,(H2,13,14,15). The lowest BCUT2D eigenvalue weighted by molar-refractivity contribution is 0.236. The summed E-state index contributed by atoms with van der Waals surface area (Å²) in [5.74, 6) is 1.79. The second kappa shape index (κ2) is 6.35. The Hall–Kier alpha value is -0.420. The van der Waals surface area contributed by atoms with Gasteiger partial charge in [-0.3, -0.25) is 0 Å². The quantitative estimate of drug-likeness (QED) is 0.697. The molecule has 0 aromatic heterocycles. The van der Waals surface area contributed by atoms with Gasteiger partial charge in [-0.25, -0.2) is 4.79 Å². The van der Waals surface area contributed by atoms with Crippen LogP contribution in [0.1, 0.15) is 25.7 Å². The first-order chi connectivity index (χ1) is 7.84. The summed E-state index contributed by atoms with van der Waals surface area (Å²) >= 11 is 1.85. The van der Waals surface area contributed by atoms with Crippen molar-refractivity contribution in [3.05, 3.63) is 0 Å². The highest BCUT2D eigenvalue weighted by Gasteiger charge is 2.18. The van der Waals surface area contributed by atoms with Gasteiger partial charge in [-0.1, -0.05) is 0 Å². The fraction of sp³-hybridized carbons (Fsp3) is 0.909. The number of amides is 2. The Bertz CT molecular complexity index is 225. The molecule has 4 nitrogen and oxygen atoms in total. The molecule has 0 spiro atoms. The predicted molar refractivity (Wildman–Crippen MR) is 67.6 cm³/mol. The van der Waals surface area contributed by atoms with Crippen molar-refractivity contribution in [2.75, 3.05) is 25.4 Å². The molecule has 0 radical (unpaired) electrons. The number of piperidine rings is 1. The zero-order valence-corrected chi connectivity index (χ0v) is 10.4. The number of carbonyl (C=O) groups excluding carboxylic acids is 1. The van der Waals surface area contributed by atoms with Crippen molar-refractivity contribution in [1.29, 1.82) is 0 Å². The molecule has 5 heteroatoms. The number of thioether (sulfide) groups is 1. The van der Waals surface area contributed by atoms with Crippen molar-refractivity contribution in [2.24, 2.45) is 5.92 Å². The highest BCUT2D eigenvalue weighted by atomic mass is 32.2. The minimum absolute atomic E-state index is 0.00461. The summed E-state index contributed by atoms with van der Waals surface area (Å²) in [6.07, 6.45) is 4.79. The van der Waals surface area contributed by atoms with Crippen LogP contribution in [-0.4, -0.2) is 36.8 Å². The van der Waals surface area contributed by atoms with Gasteiger partial charge in [0.15, 0.2) is 0 Å². The van der Waals surface area contributed by atoms with Crippen LogP contribution < -0.4 is 16.0 Å². The maximum atomic E-state index is 11.6. The minimum atomic E-state index is 0.00461. The molecule has 0 aromatic carbocycles. The molecule has 2 heterocycles. The average molecular weight is 243 g/mol. The molecule has 2 fully saturated rings. The van der Waals surface area contributed by atoms with Gasteiger partial charge in [0.1, 0.15) is 0 Å². The number of urea groups is 1. The van der Waals surface area contributed by atoms with E-state index in [1.54, 1.807) is 0 Å². The highest BCUT2D eigenvalue weighted by Crippen LogP contribution is 2.23. The van der Waals surface area contributed by atoms with Crippen molar-refractivity contribution in [3.63, 3.8) is 0 Å². The predicted octanol–water partition coefficient (Wildman–Crippen LogP) is 1.14. The van der Waals surface area contributed by atoms with E-state index in [2.05, 4.69) is 16.0 Å². The smallest absolute Gasteiger partial charge is 0.315 e. The third-order valence-electron chi connectivity index (χ3n) is 3.17. The highest BCUT2D eigenvalue weighted by molar-refractivity contribution is 8.00. The van der Waals surface area contributed by atoms with Gasteiger partial charge in [-0.15, -0.1) is 11.8 Å². The third kappa shape index (κ3) is 3.87. The van der Waals surface area contributed by atoms with Crippen molar-refractivity contribution in [3.8, 4) is 0 Å². The Morgan fingerprint density at radius 2 is 2.31 bits per heavy atom. The maximum Gasteiger partial charge on any atom is 0.315 e. The second-order valence-corrected chi connectivity index (χ2v) is 5.88. The summed E-state index contributed by atoms with van der Waals surface area (Å²) in [7, 11) is 0. The van der Waals surface area contributed by atoms with Crippen LogP contribution in [-0.2, 0) is 0 Å².